The lowest BCUT2D eigenvalue weighted by molar-refractivity contribution is -0.785. The molecule has 9 heteroatoms. The number of hydrogen-bond donors (Lipinski definition) is 2. The molecule has 0 bridgehead atoms. The molecule has 0 radical (unpaired) electrons. The molecule has 6 nitrogen and oxygen atoms in total. The quantitative estimate of drug-likeness (QED) is 0.305. The Hall–Kier alpha value is -3.69. The van der Waals surface area contributed by atoms with Gasteiger partial charge < -0.3 is 10.4 Å². The maximum atomic E-state index is 14.9. The van der Waals surface area contributed by atoms with Crippen LogP contribution >= 0.6 is 11.3 Å². The van der Waals surface area contributed by atoms with Crippen molar-refractivity contribution in [3.8, 4) is 11.1 Å². The monoisotopic (exact) mass is 494 g/mol. The Labute approximate surface area is 204 Å². The summed E-state index contributed by atoms with van der Waals surface area (Å²) in [5, 5.41) is 13.2. The maximum absolute atomic E-state index is 14.9. The molecule has 35 heavy (non-hydrogen) atoms. The summed E-state index contributed by atoms with van der Waals surface area (Å²) in [5.74, 6) is -1.28. The van der Waals surface area contributed by atoms with Gasteiger partial charge in [-0.2, -0.15) is 9.28 Å². The fourth-order valence-electron chi connectivity index (χ4n) is 4.65. The van der Waals surface area contributed by atoms with Gasteiger partial charge in [0, 0.05) is 12.8 Å². The Balaban J connectivity index is 1.36. The molecule has 1 saturated heterocycles. The zero-order valence-corrected chi connectivity index (χ0v) is 19.6. The highest BCUT2D eigenvalue weighted by Crippen LogP contribution is 2.33. The van der Waals surface area contributed by atoms with Gasteiger partial charge in [0.15, 0.2) is 5.13 Å². The number of carbonyl (C=O) groups excluding carboxylic acids is 1. The van der Waals surface area contributed by atoms with Crippen LogP contribution in [0, 0.1) is 11.6 Å². The normalized spacial score (nSPS) is 19.7. The van der Waals surface area contributed by atoms with Gasteiger partial charge in [-0.15, -0.1) is 0 Å². The first-order valence-electron chi connectivity index (χ1n) is 11.2. The van der Waals surface area contributed by atoms with Crippen LogP contribution in [0.2, 0.25) is 0 Å². The third-order valence-electron chi connectivity index (χ3n) is 6.62. The molecule has 0 aliphatic carbocycles. The summed E-state index contributed by atoms with van der Waals surface area (Å²) in [6.07, 6.45) is 0.238. The first kappa shape index (κ1) is 23.1. The number of benzene rings is 3. The van der Waals surface area contributed by atoms with Crippen LogP contribution in [0.25, 0.3) is 21.3 Å². The number of likely N-dealkylation sites (tertiary alicyclic amines) is 1. The van der Waals surface area contributed by atoms with Crippen molar-refractivity contribution in [1.82, 2.24) is 4.98 Å². The third-order valence-corrected chi connectivity index (χ3v) is 7.55. The fraction of sp³-hybridized carbons (Fsp3) is 0.192. The van der Waals surface area contributed by atoms with Crippen molar-refractivity contribution in [1.29, 1.82) is 0 Å². The van der Waals surface area contributed by atoms with Crippen molar-refractivity contribution in [3.63, 3.8) is 0 Å². The van der Waals surface area contributed by atoms with Crippen LogP contribution in [-0.4, -0.2) is 39.2 Å². The Kier molecular flexibility index (Phi) is 5.82. The molecule has 4 aromatic rings. The van der Waals surface area contributed by atoms with Crippen molar-refractivity contribution in [2.75, 3.05) is 11.9 Å². The number of imide groups is 1. The van der Waals surface area contributed by atoms with Crippen LogP contribution < -0.4 is 5.32 Å². The minimum absolute atomic E-state index is 0.232. The molecule has 178 valence electrons. The summed E-state index contributed by atoms with van der Waals surface area (Å²) in [5.41, 5.74) is 2.47. The number of amides is 2. The number of rotatable bonds is 4. The number of nitrogens with zero attached hydrogens (tertiary/aromatic N) is 2. The highest BCUT2D eigenvalue weighted by Gasteiger charge is 2.53. The molecule has 0 saturated carbocycles. The molecular weight excluding hydrogens is 472 g/mol. The zero-order valence-electron chi connectivity index (χ0n) is 18.8. The molecule has 2 heterocycles. The predicted octanol–water partition coefficient (Wildman–Crippen LogP) is 6.80. The number of thiazole rings is 1. The van der Waals surface area contributed by atoms with Gasteiger partial charge in [-0.05, 0) is 60.5 Å². The van der Waals surface area contributed by atoms with Gasteiger partial charge in [0.05, 0.1) is 28.0 Å². The number of aromatic nitrogens is 1. The average Bonchev–Trinajstić information content (AvgIpc) is 3.43. The molecule has 1 aliphatic rings. The topological polar surface area (TPSA) is 79.3 Å². The van der Waals surface area contributed by atoms with E-state index in [1.807, 2.05) is 0 Å². The Morgan fingerprint density at radius 2 is 1.80 bits per heavy atom. The standard InChI is InChI=1S/C26H21F2N3O3S/c1-15-3-2-12-31(15,26(33)34)24(32)17-6-4-16(5-7-17)18-8-10-21(20(28)13-18)29-25-30-22-11-9-19(27)14-23(22)35-25/h4-11,13-15H,2-3,12H2,1H3,(H-,29,30,32,33,34)/p+1/t15-,31?/m1/s1. The van der Waals surface area contributed by atoms with Crippen molar-refractivity contribution in [2.24, 2.45) is 0 Å². The lowest BCUT2D eigenvalue weighted by Crippen LogP contribution is -2.58. The second-order valence-electron chi connectivity index (χ2n) is 8.70. The van der Waals surface area contributed by atoms with Gasteiger partial charge in [-0.1, -0.05) is 29.5 Å². The van der Waals surface area contributed by atoms with Crippen LogP contribution in [0.5, 0.6) is 0 Å². The number of hydrogen-bond acceptors (Lipinski definition) is 5. The lowest BCUT2D eigenvalue weighted by atomic mass is 10.0. The van der Waals surface area contributed by atoms with E-state index in [0.717, 1.165) is 0 Å². The van der Waals surface area contributed by atoms with E-state index in [4.69, 9.17) is 0 Å². The molecule has 2 amide bonds. The van der Waals surface area contributed by atoms with Crippen LogP contribution in [0.4, 0.5) is 24.4 Å². The van der Waals surface area contributed by atoms with Gasteiger partial charge in [-0.3, -0.25) is 0 Å². The van der Waals surface area contributed by atoms with Crippen molar-refractivity contribution in [3.05, 3.63) is 77.9 Å². The van der Waals surface area contributed by atoms with Gasteiger partial charge in [0.2, 0.25) is 0 Å². The Morgan fingerprint density at radius 1 is 1.06 bits per heavy atom. The molecule has 2 atom stereocenters. The Morgan fingerprint density at radius 3 is 2.46 bits per heavy atom. The largest absolute Gasteiger partial charge is 0.521 e. The molecule has 5 rings (SSSR count). The smallest absolute Gasteiger partial charge is 0.435 e. The number of fused-ring (bicyclic) bond motifs is 1. The van der Waals surface area contributed by atoms with E-state index in [1.165, 1.54) is 29.5 Å². The zero-order chi connectivity index (χ0) is 24.7. The molecule has 2 N–H and O–H groups in total. The summed E-state index contributed by atoms with van der Waals surface area (Å²) >= 11 is 1.23. The number of halogens is 2. The number of carbonyl (C=O) groups is 2. The first-order valence-corrected chi connectivity index (χ1v) is 12.0. The van der Waals surface area contributed by atoms with E-state index in [0.29, 0.717) is 44.9 Å². The van der Waals surface area contributed by atoms with Gasteiger partial charge in [-0.25, -0.2) is 18.6 Å². The van der Waals surface area contributed by atoms with E-state index in [-0.39, 0.29) is 24.1 Å². The molecule has 1 fully saturated rings. The van der Waals surface area contributed by atoms with E-state index in [1.54, 1.807) is 49.4 Å². The van der Waals surface area contributed by atoms with E-state index >= 15 is 0 Å². The summed E-state index contributed by atoms with van der Waals surface area (Å²) < 4.78 is 28.4. The average molecular weight is 495 g/mol. The number of anilines is 2. The lowest BCUT2D eigenvalue weighted by Gasteiger charge is -2.29. The van der Waals surface area contributed by atoms with Crippen LogP contribution in [0.1, 0.15) is 30.1 Å². The first-order chi connectivity index (χ1) is 16.8. The maximum Gasteiger partial charge on any atom is 0.521 e. The van der Waals surface area contributed by atoms with Crippen molar-refractivity contribution < 1.29 is 28.0 Å². The number of quaternary nitrogens is 1. The van der Waals surface area contributed by atoms with Gasteiger partial charge in [0.1, 0.15) is 17.7 Å². The molecular formula is C26H22F2N3O3S+. The molecule has 1 aromatic heterocycles. The summed E-state index contributed by atoms with van der Waals surface area (Å²) in [6, 6.07) is 15.3. The van der Waals surface area contributed by atoms with Gasteiger partial charge >= 0.3 is 12.0 Å². The minimum Gasteiger partial charge on any atom is -0.435 e. The number of nitrogens with one attached hydrogen (secondary N) is 1. The van der Waals surface area contributed by atoms with Crippen molar-refractivity contribution >= 4 is 44.4 Å². The van der Waals surface area contributed by atoms with Crippen molar-refractivity contribution in [2.45, 2.75) is 25.8 Å². The predicted molar refractivity (Wildman–Crippen MR) is 131 cm³/mol. The highest BCUT2D eigenvalue weighted by molar-refractivity contribution is 7.22. The second-order valence-corrected chi connectivity index (χ2v) is 9.73. The molecule has 1 unspecified atom stereocenters. The van der Waals surface area contributed by atoms with Crippen LogP contribution in [-0.2, 0) is 0 Å². The van der Waals surface area contributed by atoms with E-state index in [9.17, 15) is 23.5 Å². The Bertz CT molecular complexity index is 1450. The fourth-order valence-corrected chi connectivity index (χ4v) is 5.55. The molecule has 1 aliphatic heterocycles. The highest BCUT2D eigenvalue weighted by atomic mass is 32.1. The van der Waals surface area contributed by atoms with Gasteiger partial charge in [0.25, 0.3) is 0 Å². The second kappa shape index (κ2) is 8.83. The van der Waals surface area contributed by atoms with Crippen LogP contribution in [0.3, 0.4) is 0 Å². The summed E-state index contributed by atoms with van der Waals surface area (Å²) in [7, 11) is 0. The summed E-state index contributed by atoms with van der Waals surface area (Å²) in [6.45, 7) is 2.07. The molecule has 3 aromatic carbocycles. The molecule has 0 spiro atoms. The van der Waals surface area contributed by atoms with E-state index < -0.39 is 22.3 Å². The summed E-state index contributed by atoms with van der Waals surface area (Å²) in [4.78, 5) is 29.5. The number of carboxylic acid groups (broad SMARTS) is 1. The minimum atomic E-state index is -1.13. The van der Waals surface area contributed by atoms with E-state index in [2.05, 4.69) is 10.3 Å². The van der Waals surface area contributed by atoms with Crippen LogP contribution in [0.15, 0.2) is 60.7 Å². The SMILES string of the molecule is C[C@@H]1CCC[N+]1(C(=O)O)C(=O)c1ccc(-c2ccc(Nc3nc4ccc(F)cc4s3)c(F)c2)cc1. The third kappa shape index (κ3) is 4.06.